The summed E-state index contributed by atoms with van der Waals surface area (Å²) in [7, 11) is 0. The van der Waals surface area contributed by atoms with E-state index in [1.807, 2.05) is 66.7 Å². The molecular weight excluding hydrogens is 274 g/mol. The van der Waals surface area contributed by atoms with Gasteiger partial charge in [0, 0.05) is 10.3 Å². The van der Waals surface area contributed by atoms with Gasteiger partial charge in [-0.1, -0.05) is 66.7 Å². The lowest BCUT2D eigenvalue weighted by Gasteiger charge is -2.19. The first-order valence-electron chi connectivity index (χ1n) is 6.98. The van der Waals surface area contributed by atoms with Crippen LogP contribution in [0.15, 0.2) is 71.9 Å². The first-order chi connectivity index (χ1) is 10.5. The Kier molecular flexibility index (Phi) is 4.77. The molecule has 2 aromatic carbocycles. The molecule has 0 saturated carbocycles. The molecule has 0 atom stereocenters. The fraction of sp³-hybridized carbons (Fsp3) is 0.167. The molecule has 0 unspecified atom stereocenters. The second-order valence-electron chi connectivity index (χ2n) is 5.51. The van der Waals surface area contributed by atoms with E-state index in [-0.39, 0.29) is 0 Å². The summed E-state index contributed by atoms with van der Waals surface area (Å²) in [5.74, 6) is -0.501. The van der Waals surface area contributed by atoms with Crippen LogP contribution < -0.4 is 0 Å². The van der Waals surface area contributed by atoms with Crippen molar-refractivity contribution in [3.05, 3.63) is 88.3 Å². The topological polar surface area (TPSA) is 65.8 Å². The number of azide groups is 1. The number of nitrogens with zero attached hydrogens (tertiary/aromatic N) is 3. The van der Waals surface area contributed by atoms with Crippen LogP contribution in [-0.4, -0.2) is 5.91 Å². The second-order valence-corrected chi connectivity index (χ2v) is 5.51. The van der Waals surface area contributed by atoms with Gasteiger partial charge in [-0.25, -0.2) is 0 Å². The van der Waals surface area contributed by atoms with Gasteiger partial charge in [0.1, 0.15) is 0 Å². The molecule has 0 aliphatic carbocycles. The minimum atomic E-state index is -0.882. The molecule has 0 aliphatic rings. The average Bonchev–Trinajstić information content (AvgIpc) is 2.54. The molecule has 0 aliphatic heterocycles. The van der Waals surface area contributed by atoms with E-state index >= 15 is 0 Å². The van der Waals surface area contributed by atoms with E-state index in [1.165, 1.54) is 0 Å². The summed E-state index contributed by atoms with van der Waals surface area (Å²) >= 11 is 0. The maximum absolute atomic E-state index is 12.0. The van der Waals surface area contributed by atoms with Gasteiger partial charge in [-0.05, 0) is 41.2 Å². The first-order valence-corrected chi connectivity index (χ1v) is 6.98. The Labute approximate surface area is 129 Å². The van der Waals surface area contributed by atoms with Crippen LogP contribution in [0.5, 0.6) is 0 Å². The van der Waals surface area contributed by atoms with Gasteiger partial charge in [-0.3, -0.25) is 4.79 Å². The highest BCUT2D eigenvalue weighted by Gasteiger charge is 2.25. The number of benzene rings is 2. The zero-order valence-corrected chi connectivity index (χ0v) is 12.6. The largest absolute Gasteiger partial charge is 0.292 e. The average molecular weight is 291 g/mol. The molecule has 2 rings (SSSR count). The first kappa shape index (κ1) is 15.5. The van der Waals surface area contributed by atoms with Crippen LogP contribution >= 0.6 is 0 Å². The zero-order chi connectivity index (χ0) is 16.0. The predicted octanol–water partition coefficient (Wildman–Crippen LogP) is 4.98. The lowest BCUT2D eigenvalue weighted by molar-refractivity contribution is -0.123. The molecular formula is C18H17N3O. The Morgan fingerprint density at radius 3 is 1.86 bits per heavy atom. The van der Waals surface area contributed by atoms with Crippen LogP contribution in [0.2, 0.25) is 0 Å². The Balaban J connectivity index is 2.57. The van der Waals surface area contributed by atoms with Crippen molar-refractivity contribution < 1.29 is 4.79 Å². The second kappa shape index (κ2) is 6.74. The molecule has 2 aromatic rings. The molecule has 0 saturated heterocycles. The van der Waals surface area contributed by atoms with Crippen molar-refractivity contribution in [2.75, 3.05) is 0 Å². The van der Waals surface area contributed by atoms with Crippen LogP contribution in [0, 0.1) is 5.41 Å². The van der Waals surface area contributed by atoms with E-state index in [0.29, 0.717) is 0 Å². The summed E-state index contributed by atoms with van der Waals surface area (Å²) in [6.45, 7) is 3.49. The minimum Gasteiger partial charge on any atom is -0.292 e. The molecule has 0 radical (unpaired) electrons. The van der Waals surface area contributed by atoms with Crippen molar-refractivity contribution >= 4 is 11.5 Å². The SMILES string of the molecule is CC(C)(C=C(c1ccccc1)c1ccccc1)C(=O)N=[N+]=[N-]. The zero-order valence-electron chi connectivity index (χ0n) is 12.6. The van der Waals surface area contributed by atoms with Gasteiger partial charge < -0.3 is 0 Å². The highest BCUT2D eigenvalue weighted by Crippen LogP contribution is 2.30. The van der Waals surface area contributed by atoms with E-state index in [1.54, 1.807) is 13.8 Å². The van der Waals surface area contributed by atoms with Gasteiger partial charge in [0.15, 0.2) is 0 Å². The normalized spacial score (nSPS) is 10.5. The molecule has 0 heterocycles. The Hall–Kier alpha value is -2.84. The van der Waals surface area contributed by atoms with Crippen LogP contribution in [0.1, 0.15) is 25.0 Å². The summed E-state index contributed by atoms with van der Waals surface area (Å²) in [6, 6.07) is 19.7. The number of hydrogen-bond acceptors (Lipinski definition) is 1. The summed E-state index contributed by atoms with van der Waals surface area (Å²) in [5.41, 5.74) is 10.6. The monoisotopic (exact) mass is 291 g/mol. The predicted molar refractivity (Wildman–Crippen MR) is 87.9 cm³/mol. The molecule has 0 spiro atoms. The van der Waals surface area contributed by atoms with E-state index in [9.17, 15) is 4.79 Å². The number of rotatable bonds is 4. The Morgan fingerprint density at radius 2 is 1.45 bits per heavy atom. The number of amides is 1. The highest BCUT2D eigenvalue weighted by atomic mass is 16.2. The molecule has 0 aromatic heterocycles. The van der Waals surface area contributed by atoms with Crippen molar-refractivity contribution in [1.82, 2.24) is 0 Å². The van der Waals surface area contributed by atoms with E-state index in [2.05, 4.69) is 10.0 Å². The third kappa shape index (κ3) is 3.62. The van der Waals surface area contributed by atoms with Crippen molar-refractivity contribution in [1.29, 1.82) is 0 Å². The van der Waals surface area contributed by atoms with Crippen LogP contribution in [-0.2, 0) is 4.79 Å². The lowest BCUT2D eigenvalue weighted by atomic mass is 9.85. The summed E-state index contributed by atoms with van der Waals surface area (Å²) in [6.07, 6.45) is 1.86. The van der Waals surface area contributed by atoms with Crippen LogP contribution in [0.3, 0.4) is 0 Å². The van der Waals surface area contributed by atoms with E-state index in [0.717, 1.165) is 16.7 Å². The molecule has 1 amide bonds. The standard InChI is InChI=1S/C18H17N3O/c1-18(2,17(22)20-21-19)13-16(14-9-5-3-6-10-14)15-11-7-4-8-12-15/h3-13H,1-2H3. The van der Waals surface area contributed by atoms with Gasteiger partial charge in [0.25, 0.3) is 0 Å². The number of carbonyl (C=O) groups is 1. The van der Waals surface area contributed by atoms with Crippen molar-refractivity contribution in [2.45, 2.75) is 13.8 Å². The van der Waals surface area contributed by atoms with Crippen molar-refractivity contribution in [2.24, 2.45) is 10.5 Å². The molecule has 0 fully saturated rings. The van der Waals surface area contributed by atoms with Gasteiger partial charge in [0.2, 0.25) is 5.91 Å². The fourth-order valence-electron chi connectivity index (χ4n) is 2.16. The third-order valence-electron chi connectivity index (χ3n) is 3.36. The minimum absolute atomic E-state index is 0.501. The third-order valence-corrected chi connectivity index (χ3v) is 3.36. The summed E-state index contributed by atoms with van der Waals surface area (Å²) in [4.78, 5) is 14.6. The van der Waals surface area contributed by atoms with Gasteiger partial charge >= 0.3 is 0 Å². The molecule has 4 nitrogen and oxygen atoms in total. The molecule has 4 heteroatoms. The van der Waals surface area contributed by atoms with Gasteiger partial charge in [-0.15, -0.1) is 0 Å². The lowest BCUT2D eigenvalue weighted by Crippen LogP contribution is -2.19. The molecule has 0 bridgehead atoms. The van der Waals surface area contributed by atoms with E-state index in [4.69, 9.17) is 5.53 Å². The fourth-order valence-corrected chi connectivity index (χ4v) is 2.16. The van der Waals surface area contributed by atoms with Crippen molar-refractivity contribution in [3.63, 3.8) is 0 Å². The van der Waals surface area contributed by atoms with Crippen molar-refractivity contribution in [3.8, 4) is 0 Å². The van der Waals surface area contributed by atoms with Gasteiger partial charge in [0.05, 0.1) is 0 Å². The maximum atomic E-state index is 12.0. The highest BCUT2D eigenvalue weighted by molar-refractivity contribution is 5.89. The molecule has 22 heavy (non-hydrogen) atoms. The summed E-state index contributed by atoms with van der Waals surface area (Å²) < 4.78 is 0. The molecule has 110 valence electrons. The number of carbonyl (C=O) groups excluding carboxylic acids is 1. The van der Waals surface area contributed by atoms with Gasteiger partial charge in [-0.2, -0.15) is 0 Å². The quantitative estimate of drug-likeness (QED) is 0.445. The Morgan fingerprint density at radius 1 is 1.00 bits per heavy atom. The van der Waals surface area contributed by atoms with E-state index < -0.39 is 11.3 Å². The number of hydrogen-bond donors (Lipinski definition) is 0. The molecule has 0 N–H and O–H groups in total. The smallest absolute Gasteiger partial charge is 0.228 e. The summed E-state index contributed by atoms with van der Waals surface area (Å²) in [5, 5.41) is 3.23. The van der Waals surface area contributed by atoms with Crippen LogP contribution in [0.4, 0.5) is 0 Å². The van der Waals surface area contributed by atoms with Crippen LogP contribution in [0.25, 0.3) is 16.0 Å². The Bertz CT molecular complexity index is 686. The maximum Gasteiger partial charge on any atom is 0.228 e.